The summed E-state index contributed by atoms with van der Waals surface area (Å²) in [6.45, 7) is 2.04. The molecular formula is C18H16O5. The van der Waals surface area contributed by atoms with E-state index < -0.39 is 23.2 Å². The summed E-state index contributed by atoms with van der Waals surface area (Å²) in [4.78, 5) is 12.1. The first-order valence-electron chi connectivity index (χ1n) is 7.06. The third-order valence-corrected chi connectivity index (χ3v) is 3.02. The van der Waals surface area contributed by atoms with Gasteiger partial charge in [0.1, 0.15) is 0 Å². The fraction of sp³-hybridized carbons (Fsp3) is 0.167. The van der Waals surface area contributed by atoms with Gasteiger partial charge < -0.3 is 20.1 Å². The lowest BCUT2D eigenvalue weighted by atomic mass is 10.0. The van der Waals surface area contributed by atoms with Gasteiger partial charge in [-0.2, -0.15) is 0 Å². The van der Waals surface area contributed by atoms with Gasteiger partial charge in [0.15, 0.2) is 11.5 Å². The van der Waals surface area contributed by atoms with Gasteiger partial charge in [-0.05, 0) is 24.6 Å². The van der Waals surface area contributed by atoms with E-state index >= 15 is 0 Å². The zero-order valence-corrected chi connectivity index (χ0v) is 12.5. The predicted molar refractivity (Wildman–Crippen MR) is 84.4 cm³/mol. The quantitative estimate of drug-likeness (QED) is 0.461. The molecule has 0 amide bonds. The van der Waals surface area contributed by atoms with E-state index in [1.807, 2.05) is 13.0 Å². The first-order chi connectivity index (χ1) is 11.0. The molecule has 0 spiro atoms. The number of phenolic OH excluding ortho intramolecular Hbond substituents is 3. The summed E-state index contributed by atoms with van der Waals surface area (Å²) < 4.78 is 5.01. The lowest BCUT2D eigenvalue weighted by Crippen LogP contribution is -2.08. The molecule has 2 rings (SSSR count). The topological polar surface area (TPSA) is 87.0 Å². The highest BCUT2D eigenvalue weighted by Crippen LogP contribution is 2.39. The van der Waals surface area contributed by atoms with Gasteiger partial charge in [-0.1, -0.05) is 37.0 Å². The summed E-state index contributed by atoms with van der Waals surface area (Å²) in [6.07, 6.45) is 0.632. The van der Waals surface area contributed by atoms with Crippen molar-refractivity contribution in [3.05, 3.63) is 53.1 Å². The van der Waals surface area contributed by atoms with Crippen LogP contribution in [0.3, 0.4) is 0 Å². The molecule has 0 heterocycles. The van der Waals surface area contributed by atoms with E-state index in [-0.39, 0.29) is 17.7 Å². The van der Waals surface area contributed by atoms with E-state index in [1.54, 1.807) is 24.3 Å². The fourth-order valence-electron chi connectivity index (χ4n) is 1.86. The lowest BCUT2D eigenvalue weighted by molar-refractivity contribution is 0.0503. The first-order valence-corrected chi connectivity index (χ1v) is 7.06. The van der Waals surface area contributed by atoms with Crippen molar-refractivity contribution < 1.29 is 24.9 Å². The Hall–Kier alpha value is -3.13. The number of benzene rings is 2. The zero-order valence-electron chi connectivity index (χ0n) is 12.5. The minimum Gasteiger partial charge on any atom is -0.504 e. The number of phenols is 3. The molecule has 0 saturated heterocycles. The van der Waals surface area contributed by atoms with Crippen LogP contribution in [-0.4, -0.2) is 27.9 Å². The highest BCUT2D eigenvalue weighted by molar-refractivity contribution is 5.95. The van der Waals surface area contributed by atoms with Gasteiger partial charge in [-0.15, -0.1) is 0 Å². The van der Waals surface area contributed by atoms with Crippen LogP contribution in [0.25, 0.3) is 0 Å². The largest absolute Gasteiger partial charge is 0.504 e. The molecule has 0 atom stereocenters. The summed E-state index contributed by atoms with van der Waals surface area (Å²) in [5.41, 5.74) is 0.479. The summed E-state index contributed by atoms with van der Waals surface area (Å²) >= 11 is 0. The average Bonchev–Trinajstić information content (AvgIpc) is 2.57. The maximum Gasteiger partial charge on any atom is 0.339 e. The van der Waals surface area contributed by atoms with Crippen LogP contribution in [0.15, 0.2) is 36.4 Å². The minimum absolute atomic E-state index is 0.0924. The van der Waals surface area contributed by atoms with Crippen molar-refractivity contribution in [2.24, 2.45) is 0 Å². The summed E-state index contributed by atoms with van der Waals surface area (Å²) in [7, 11) is 0. The van der Waals surface area contributed by atoms with Crippen LogP contribution in [0.4, 0.5) is 0 Å². The van der Waals surface area contributed by atoms with Gasteiger partial charge in [0.2, 0.25) is 5.75 Å². The van der Waals surface area contributed by atoms with Crippen LogP contribution in [-0.2, 0) is 4.74 Å². The third kappa shape index (κ3) is 3.74. The summed E-state index contributed by atoms with van der Waals surface area (Å²) in [6, 6.07) is 9.99. The second-order valence-corrected chi connectivity index (χ2v) is 4.77. The number of carbonyl (C=O) groups excluding carboxylic acids is 1. The number of esters is 1. The van der Waals surface area contributed by atoms with Gasteiger partial charge >= 0.3 is 5.97 Å². The Morgan fingerprint density at radius 2 is 1.78 bits per heavy atom. The Morgan fingerprint density at radius 1 is 1.09 bits per heavy atom. The Bertz CT molecular complexity index is 769. The monoisotopic (exact) mass is 312 g/mol. The molecule has 23 heavy (non-hydrogen) atoms. The molecule has 0 aliphatic rings. The van der Waals surface area contributed by atoms with Crippen LogP contribution in [0.1, 0.15) is 34.8 Å². The van der Waals surface area contributed by atoms with Crippen LogP contribution < -0.4 is 0 Å². The van der Waals surface area contributed by atoms with Crippen molar-refractivity contribution in [2.45, 2.75) is 13.3 Å². The Morgan fingerprint density at radius 3 is 2.43 bits per heavy atom. The second kappa shape index (κ2) is 7.23. The van der Waals surface area contributed by atoms with Gasteiger partial charge in [0, 0.05) is 5.56 Å². The Kier molecular flexibility index (Phi) is 5.11. The molecular weight excluding hydrogens is 296 g/mol. The Balaban J connectivity index is 2.50. The smallest absolute Gasteiger partial charge is 0.339 e. The highest BCUT2D eigenvalue weighted by Gasteiger charge is 2.21. The van der Waals surface area contributed by atoms with Crippen molar-refractivity contribution >= 4 is 5.97 Å². The van der Waals surface area contributed by atoms with E-state index in [0.29, 0.717) is 12.0 Å². The molecule has 0 aliphatic heterocycles. The van der Waals surface area contributed by atoms with Gasteiger partial charge in [-0.25, -0.2) is 4.79 Å². The molecule has 0 radical (unpaired) electrons. The maximum absolute atomic E-state index is 12.1. The number of carbonyl (C=O) groups is 1. The molecule has 2 aromatic carbocycles. The number of aromatic hydroxyl groups is 3. The molecule has 0 unspecified atom stereocenters. The molecule has 0 aromatic heterocycles. The standard InChI is InChI=1S/C18H16O5/c1-2-10-23-18(22)14-11-15(19)17(21)16(20)13(14)9-8-12-6-4-3-5-7-12/h3-7,11,19-21H,2,10H2,1H3. The third-order valence-electron chi connectivity index (χ3n) is 3.02. The fourth-order valence-corrected chi connectivity index (χ4v) is 1.86. The zero-order chi connectivity index (χ0) is 16.8. The van der Waals surface area contributed by atoms with E-state index in [1.165, 1.54) is 0 Å². The van der Waals surface area contributed by atoms with Crippen molar-refractivity contribution in [3.8, 4) is 29.1 Å². The van der Waals surface area contributed by atoms with Crippen molar-refractivity contribution in [3.63, 3.8) is 0 Å². The molecule has 0 fully saturated rings. The normalized spacial score (nSPS) is 9.78. The number of hydrogen-bond donors (Lipinski definition) is 3. The van der Waals surface area contributed by atoms with Crippen LogP contribution in [0, 0.1) is 11.8 Å². The van der Waals surface area contributed by atoms with E-state index in [9.17, 15) is 20.1 Å². The van der Waals surface area contributed by atoms with Crippen molar-refractivity contribution in [1.82, 2.24) is 0 Å². The van der Waals surface area contributed by atoms with E-state index in [2.05, 4.69) is 11.8 Å². The lowest BCUT2D eigenvalue weighted by Gasteiger charge is -2.09. The Labute approximate surface area is 133 Å². The highest BCUT2D eigenvalue weighted by atomic mass is 16.5. The first kappa shape index (κ1) is 16.2. The number of rotatable bonds is 3. The molecule has 3 N–H and O–H groups in total. The van der Waals surface area contributed by atoms with Gasteiger partial charge in [0.25, 0.3) is 0 Å². The molecule has 5 heteroatoms. The van der Waals surface area contributed by atoms with E-state index in [0.717, 1.165) is 6.07 Å². The van der Waals surface area contributed by atoms with Crippen molar-refractivity contribution in [2.75, 3.05) is 6.61 Å². The molecule has 2 aromatic rings. The molecule has 118 valence electrons. The van der Waals surface area contributed by atoms with Crippen LogP contribution >= 0.6 is 0 Å². The summed E-state index contributed by atoms with van der Waals surface area (Å²) in [5.74, 6) is 2.72. The van der Waals surface area contributed by atoms with Crippen molar-refractivity contribution in [1.29, 1.82) is 0 Å². The maximum atomic E-state index is 12.1. The van der Waals surface area contributed by atoms with Crippen LogP contribution in [0.2, 0.25) is 0 Å². The van der Waals surface area contributed by atoms with Gasteiger partial charge in [0.05, 0.1) is 17.7 Å². The number of ether oxygens (including phenoxy) is 1. The minimum atomic E-state index is -0.727. The van der Waals surface area contributed by atoms with Crippen LogP contribution in [0.5, 0.6) is 17.2 Å². The predicted octanol–water partition coefficient (Wildman–Crippen LogP) is 2.77. The average molecular weight is 312 g/mol. The second-order valence-electron chi connectivity index (χ2n) is 4.77. The molecule has 5 nitrogen and oxygen atoms in total. The molecule has 0 saturated carbocycles. The number of hydrogen-bond acceptors (Lipinski definition) is 5. The van der Waals surface area contributed by atoms with E-state index in [4.69, 9.17) is 4.74 Å². The SMILES string of the molecule is CCCOC(=O)c1cc(O)c(O)c(O)c1C#Cc1ccccc1. The molecule has 0 aliphatic carbocycles. The summed E-state index contributed by atoms with van der Waals surface area (Å²) in [5, 5.41) is 29.2. The molecule has 0 bridgehead atoms. The van der Waals surface area contributed by atoms with Gasteiger partial charge in [-0.3, -0.25) is 0 Å².